The highest BCUT2D eigenvalue weighted by atomic mass is 19.1. The molecule has 0 bridgehead atoms. The molecule has 2 rings (SSSR count). The van der Waals surface area contributed by atoms with E-state index in [0.29, 0.717) is 12.2 Å². The van der Waals surface area contributed by atoms with Gasteiger partial charge in [-0.1, -0.05) is 19.4 Å². The molecule has 0 radical (unpaired) electrons. The van der Waals surface area contributed by atoms with Gasteiger partial charge in [0.2, 0.25) is 0 Å². The fraction of sp³-hybridized carbons (Fsp3) is 0.278. The number of aryl methyl sites for hydroxylation is 1. The fourth-order valence-corrected chi connectivity index (χ4v) is 1.95. The highest BCUT2D eigenvalue weighted by Gasteiger charge is 2.09. The van der Waals surface area contributed by atoms with Crippen LogP contribution >= 0.6 is 0 Å². The first-order chi connectivity index (χ1) is 10.6. The van der Waals surface area contributed by atoms with E-state index in [4.69, 9.17) is 4.74 Å². The van der Waals surface area contributed by atoms with Gasteiger partial charge in [-0.05, 0) is 55.3 Å². The van der Waals surface area contributed by atoms with Crippen LogP contribution in [0.15, 0.2) is 42.5 Å². The first-order valence-corrected chi connectivity index (χ1v) is 7.40. The molecule has 3 nitrogen and oxygen atoms in total. The zero-order chi connectivity index (χ0) is 15.9. The van der Waals surface area contributed by atoms with Crippen molar-refractivity contribution in [2.45, 2.75) is 26.7 Å². The minimum Gasteiger partial charge on any atom is -0.494 e. The monoisotopic (exact) mass is 301 g/mol. The maximum atomic E-state index is 13.7. The standard InChI is InChI=1S/C18H20FNO2/c1-3-4-11-22-15-8-6-14(7-9-15)18(21)20-17-10-5-13(2)12-16(17)19/h5-10,12H,3-4,11H2,1-2H3,(H,20,21). The Balaban J connectivity index is 2.00. The van der Waals surface area contributed by atoms with E-state index in [1.807, 2.05) is 0 Å². The number of benzene rings is 2. The van der Waals surface area contributed by atoms with Crippen molar-refractivity contribution in [3.05, 3.63) is 59.4 Å². The van der Waals surface area contributed by atoms with Crippen LogP contribution in [-0.2, 0) is 0 Å². The van der Waals surface area contributed by atoms with E-state index < -0.39 is 5.82 Å². The Hall–Kier alpha value is -2.36. The van der Waals surface area contributed by atoms with Crippen molar-refractivity contribution in [3.8, 4) is 5.75 Å². The first-order valence-electron chi connectivity index (χ1n) is 7.40. The maximum Gasteiger partial charge on any atom is 0.255 e. The molecule has 2 aromatic carbocycles. The van der Waals surface area contributed by atoms with Gasteiger partial charge in [0.05, 0.1) is 12.3 Å². The number of rotatable bonds is 6. The second-order valence-electron chi connectivity index (χ2n) is 5.16. The molecular weight excluding hydrogens is 281 g/mol. The molecule has 0 aliphatic heterocycles. The van der Waals surface area contributed by atoms with Gasteiger partial charge in [-0.25, -0.2) is 4.39 Å². The van der Waals surface area contributed by atoms with Crippen LogP contribution in [0, 0.1) is 12.7 Å². The van der Waals surface area contributed by atoms with Crippen molar-refractivity contribution in [1.82, 2.24) is 0 Å². The van der Waals surface area contributed by atoms with Gasteiger partial charge in [0.25, 0.3) is 5.91 Å². The Kier molecular flexibility index (Phi) is 5.53. The molecule has 0 saturated heterocycles. The summed E-state index contributed by atoms with van der Waals surface area (Å²) in [6.45, 7) is 4.56. The maximum absolute atomic E-state index is 13.7. The minimum absolute atomic E-state index is 0.180. The van der Waals surface area contributed by atoms with Crippen LogP contribution in [-0.4, -0.2) is 12.5 Å². The van der Waals surface area contributed by atoms with E-state index in [0.717, 1.165) is 24.2 Å². The van der Waals surface area contributed by atoms with Crippen molar-refractivity contribution >= 4 is 11.6 Å². The van der Waals surface area contributed by atoms with Gasteiger partial charge in [-0.15, -0.1) is 0 Å². The van der Waals surface area contributed by atoms with Crippen LogP contribution in [0.4, 0.5) is 10.1 Å². The molecule has 0 aliphatic rings. The van der Waals surface area contributed by atoms with E-state index in [1.165, 1.54) is 6.07 Å². The fourth-order valence-electron chi connectivity index (χ4n) is 1.95. The number of carbonyl (C=O) groups excluding carboxylic acids is 1. The number of unbranched alkanes of at least 4 members (excludes halogenated alkanes) is 1. The Morgan fingerprint density at radius 1 is 1.18 bits per heavy atom. The number of anilines is 1. The van der Waals surface area contributed by atoms with Gasteiger partial charge >= 0.3 is 0 Å². The number of ether oxygens (including phenoxy) is 1. The van der Waals surface area contributed by atoms with Gasteiger partial charge in [0.1, 0.15) is 11.6 Å². The molecular formula is C18H20FNO2. The molecule has 0 heterocycles. The molecule has 1 N–H and O–H groups in total. The second-order valence-corrected chi connectivity index (χ2v) is 5.16. The van der Waals surface area contributed by atoms with Gasteiger partial charge in [0.15, 0.2) is 0 Å². The van der Waals surface area contributed by atoms with Gasteiger partial charge < -0.3 is 10.1 Å². The lowest BCUT2D eigenvalue weighted by Crippen LogP contribution is -2.13. The van der Waals surface area contributed by atoms with Crippen LogP contribution in [0.5, 0.6) is 5.75 Å². The van der Waals surface area contributed by atoms with Crippen LogP contribution in [0.3, 0.4) is 0 Å². The predicted octanol–water partition coefficient (Wildman–Crippen LogP) is 4.57. The molecule has 22 heavy (non-hydrogen) atoms. The van der Waals surface area contributed by atoms with Crippen molar-refractivity contribution in [1.29, 1.82) is 0 Å². The molecule has 2 aromatic rings. The molecule has 4 heteroatoms. The number of carbonyl (C=O) groups is 1. The van der Waals surface area contributed by atoms with Gasteiger partial charge in [-0.2, -0.15) is 0 Å². The summed E-state index contributed by atoms with van der Waals surface area (Å²) in [5.74, 6) is -0.0535. The Morgan fingerprint density at radius 3 is 2.55 bits per heavy atom. The largest absolute Gasteiger partial charge is 0.494 e. The molecule has 0 spiro atoms. The zero-order valence-electron chi connectivity index (χ0n) is 12.9. The summed E-state index contributed by atoms with van der Waals surface area (Å²) in [5.41, 5.74) is 1.45. The molecule has 0 unspecified atom stereocenters. The normalized spacial score (nSPS) is 10.3. The summed E-state index contributed by atoms with van der Waals surface area (Å²) >= 11 is 0. The van der Waals surface area contributed by atoms with E-state index in [2.05, 4.69) is 12.2 Å². The molecule has 0 saturated carbocycles. The summed E-state index contributed by atoms with van der Waals surface area (Å²) in [6.07, 6.45) is 2.07. The zero-order valence-corrected chi connectivity index (χ0v) is 12.9. The molecule has 116 valence electrons. The molecule has 0 fully saturated rings. The lowest BCUT2D eigenvalue weighted by atomic mass is 10.2. The minimum atomic E-state index is -0.437. The molecule has 1 amide bonds. The van der Waals surface area contributed by atoms with Crippen molar-refractivity contribution in [3.63, 3.8) is 0 Å². The highest BCUT2D eigenvalue weighted by molar-refractivity contribution is 6.04. The van der Waals surface area contributed by atoms with Crippen LogP contribution < -0.4 is 10.1 Å². The third kappa shape index (κ3) is 4.32. The summed E-state index contributed by atoms with van der Waals surface area (Å²) in [7, 11) is 0. The summed E-state index contributed by atoms with van der Waals surface area (Å²) in [5, 5.41) is 2.57. The first kappa shape index (κ1) is 16.0. The van der Waals surface area contributed by atoms with Crippen molar-refractivity contribution < 1.29 is 13.9 Å². The Labute approximate surface area is 130 Å². The smallest absolute Gasteiger partial charge is 0.255 e. The van der Waals surface area contributed by atoms with Crippen molar-refractivity contribution in [2.24, 2.45) is 0 Å². The number of hydrogen-bond donors (Lipinski definition) is 1. The number of amides is 1. The van der Waals surface area contributed by atoms with Gasteiger partial charge in [-0.3, -0.25) is 4.79 Å². The topological polar surface area (TPSA) is 38.3 Å². The third-order valence-electron chi connectivity index (χ3n) is 3.26. The van der Waals surface area contributed by atoms with Crippen LogP contribution in [0.1, 0.15) is 35.7 Å². The Bertz CT molecular complexity index is 638. The van der Waals surface area contributed by atoms with E-state index in [9.17, 15) is 9.18 Å². The van der Waals surface area contributed by atoms with Gasteiger partial charge in [0, 0.05) is 5.56 Å². The Morgan fingerprint density at radius 2 is 1.91 bits per heavy atom. The molecule has 0 aromatic heterocycles. The quantitative estimate of drug-likeness (QED) is 0.794. The summed E-state index contributed by atoms with van der Waals surface area (Å²) in [4.78, 5) is 12.1. The molecule has 0 atom stereocenters. The average Bonchev–Trinajstić information content (AvgIpc) is 2.51. The van der Waals surface area contributed by atoms with E-state index in [1.54, 1.807) is 43.3 Å². The van der Waals surface area contributed by atoms with E-state index in [-0.39, 0.29) is 11.6 Å². The van der Waals surface area contributed by atoms with Crippen LogP contribution in [0.25, 0.3) is 0 Å². The number of hydrogen-bond acceptors (Lipinski definition) is 2. The van der Waals surface area contributed by atoms with Crippen molar-refractivity contribution in [2.75, 3.05) is 11.9 Å². The van der Waals surface area contributed by atoms with E-state index >= 15 is 0 Å². The second kappa shape index (κ2) is 7.59. The lowest BCUT2D eigenvalue weighted by Gasteiger charge is -2.08. The average molecular weight is 301 g/mol. The summed E-state index contributed by atoms with van der Waals surface area (Å²) < 4.78 is 19.3. The highest BCUT2D eigenvalue weighted by Crippen LogP contribution is 2.18. The summed E-state index contributed by atoms with van der Waals surface area (Å²) in [6, 6.07) is 11.5. The SMILES string of the molecule is CCCCOc1ccc(C(=O)Nc2ccc(C)cc2F)cc1. The predicted molar refractivity (Wildman–Crippen MR) is 85.9 cm³/mol. The molecule has 0 aliphatic carbocycles. The van der Waals surface area contributed by atoms with Crippen LogP contribution in [0.2, 0.25) is 0 Å². The lowest BCUT2D eigenvalue weighted by molar-refractivity contribution is 0.102. The number of halogens is 1. The third-order valence-corrected chi connectivity index (χ3v) is 3.26. The number of nitrogens with one attached hydrogen (secondary N) is 1.